The minimum atomic E-state index is -1.56. The summed E-state index contributed by atoms with van der Waals surface area (Å²) < 4.78 is 11.4. The van der Waals surface area contributed by atoms with Crippen LogP contribution in [0.15, 0.2) is 97.2 Å². The third-order valence-electron chi connectivity index (χ3n) is 18.0. The average Bonchev–Trinajstić information content (AvgIpc) is 2.75. The Bertz CT molecular complexity index is 1750. The Balaban J connectivity index is 2.09. The Morgan fingerprint density at radius 3 is 1.02 bits per heavy atom. The molecule has 1 heterocycles. The molecule has 1 fully saturated rings. The fourth-order valence-electron chi connectivity index (χ4n) is 12.0. The molecule has 1 rings (SSSR count). The Hall–Kier alpha value is -2.89. The zero-order chi connectivity index (χ0) is 64.9. The van der Waals surface area contributed by atoms with Crippen LogP contribution in [0, 0.1) is 0 Å². The van der Waals surface area contributed by atoms with Gasteiger partial charge in [0.05, 0.1) is 25.4 Å². The van der Waals surface area contributed by atoms with Crippen molar-refractivity contribution >= 4 is 5.91 Å². The molecule has 1 aliphatic rings. The fourth-order valence-corrected chi connectivity index (χ4v) is 12.0. The van der Waals surface area contributed by atoms with Crippen molar-refractivity contribution in [1.82, 2.24) is 5.32 Å². The molecule has 9 heteroatoms. The van der Waals surface area contributed by atoms with Gasteiger partial charge in [0.25, 0.3) is 0 Å². The second kappa shape index (κ2) is 69.0. The predicted molar refractivity (Wildman–Crippen MR) is 387 cm³/mol. The molecule has 0 bridgehead atoms. The van der Waals surface area contributed by atoms with Crippen LogP contribution in [-0.4, -0.2) is 87.5 Å². The number of ether oxygens (including phenoxy) is 2. The van der Waals surface area contributed by atoms with Crippen LogP contribution >= 0.6 is 0 Å². The lowest BCUT2D eigenvalue weighted by Crippen LogP contribution is -2.60. The van der Waals surface area contributed by atoms with E-state index in [1.807, 2.05) is 0 Å². The summed E-state index contributed by atoms with van der Waals surface area (Å²) in [7, 11) is 0. The van der Waals surface area contributed by atoms with Gasteiger partial charge in [0, 0.05) is 6.42 Å². The van der Waals surface area contributed by atoms with E-state index < -0.39 is 49.5 Å². The van der Waals surface area contributed by atoms with Gasteiger partial charge in [0.1, 0.15) is 24.4 Å². The number of carbonyl (C=O) groups is 1. The van der Waals surface area contributed by atoms with Crippen molar-refractivity contribution in [2.24, 2.45) is 0 Å². The van der Waals surface area contributed by atoms with Crippen molar-refractivity contribution in [1.29, 1.82) is 0 Å². The molecule has 7 unspecified atom stereocenters. The van der Waals surface area contributed by atoms with Crippen molar-refractivity contribution in [2.75, 3.05) is 13.2 Å². The molecule has 0 spiro atoms. The van der Waals surface area contributed by atoms with Crippen LogP contribution in [-0.2, 0) is 14.3 Å². The lowest BCUT2D eigenvalue weighted by atomic mass is 9.99. The van der Waals surface area contributed by atoms with Gasteiger partial charge in [0.2, 0.25) is 5.91 Å². The molecule has 6 N–H and O–H groups in total. The average molecular weight is 1260 g/mol. The van der Waals surface area contributed by atoms with E-state index in [-0.39, 0.29) is 12.5 Å². The molecule has 0 aromatic rings. The van der Waals surface area contributed by atoms with Crippen LogP contribution in [0.1, 0.15) is 354 Å². The van der Waals surface area contributed by atoms with E-state index in [2.05, 4.69) is 116 Å². The minimum absolute atomic E-state index is 0.139. The maximum absolute atomic E-state index is 13.2. The normalized spacial score (nSPS) is 18.3. The first-order valence-electron chi connectivity index (χ1n) is 38.4. The number of allylic oxidation sites excluding steroid dienone is 16. The molecule has 7 atom stereocenters. The highest BCUT2D eigenvalue weighted by Gasteiger charge is 2.44. The SMILES string of the molecule is CC/C=C\C/C=C\C/C=C\C/C=C\C/C=C\C/C=C\C/C=C\C/C=C\CCCCCCCCCCCCCCCCC(=O)NC(COC1OC(CO)C(O)C(O)C1O)C(O)CCCCCCCCCCCCCCCCCCCCCCCCCCCCCC. The number of amides is 1. The van der Waals surface area contributed by atoms with Crippen molar-refractivity contribution in [3.63, 3.8) is 0 Å². The second-order valence-corrected chi connectivity index (χ2v) is 26.4. The number of carbonyl (C=O) groups excluding carboxylic acids is 1. The minimum Gasteiger partial charge on any atom is -0.394 e. The van der Waals surface area contributed by atoms with E-state index in [0.717, 1.165) is 89.9 Å². The van der Waals surface area contributed by atoms with Gasteiger partial charge in [0.15, 0.2) is 6.29 Å². The van der Waals surface area contributed by atoms with E-state index in [1.54, 1.807) is 0 Å². The van der Waals surface area contributed by atoms with Crippen molar-refractivity contribution in [3.8, 4) is 0 Å². The van der Waals surface area contributed by atoms with Crippen LogP contribution in [0.3, 0.4) is 0 Å². The lowest BCUT2D eigenvalue weighted by molar-refractivity contribution is -0.302. The van der Waals surface area contributed by atoms with E-state index in [0.29, 0.717) is 12.8 Å². The van der Waals surface area contributed by atoms with Gasteiger partial charge in [-0.25, -0.2) is 0 Å². The van der Waals surface area contributed by atoms with Crippen LogP contribution in [0.5, 0.6) is 0 Å². The van der Waals surface area contributed by atoms with E-state index >= 15 is 0 Å². The number of unbranched alkanes of at least 4 members (excludes halogenated alkanes) is 41. The third kappa shape index (κ3) is 56.6. The van der Waals surface area contributed by atoms with Gasteiger partial charge >= 0.3 is 0 Å². The Morgan fingerprint density at radius 2 is 0.689 bits per heavy atom. The molecule has 0 aliphatic carbocycles. The lowest BCUT2D eigenvalue weighted by Gasteiger charge is -2.40. The Labute approximate surface area is 555 Å². The molecule has 0 aromatic carbocycles. The molecule has 1 amide bonds. The first-order chi connectivity index (χ1) is 44.3. The first-order valence-corrected chi connectivity index (χ1v) is 38.4. The zero-order valence-electron chi connectivity index (χ0n) is 58.6. The molecule has 9 nitrogen and oxygen atoms in total. The summed E-state index contributed by atoms with van der Waals surface area (Å²) in [4.78, 5) is 13.2. The van der Waals surface area contributed by atoms with Gasteiger partial charge in [-0.15, -0.1) is 0 Å². The molecule has 1 saturated heterocycles. The third-order valence-corrected chi connectivity index (χ3v) is 18.0. The summed E-state index contributed by atoms with van der Waals surface area (Å²) in [6.45, 7) is 3.77. The monoisotopic (exact) mass is 1260 g/mol. The summed E-state index contributed by atoms with van der Waals surface area (Å²) in [5.74, 6) is -0.143. The van der Waals surface area contributed by atoms with Crippen molar-refractivity contribution in [2.45, 2.75) is 397 Å². The zero-order valence-corrected chi connectivity index (χ0v) is 58.6. The number of rotatable bonds is 67. The highest BCUT2D eigenvalue weighted by atomic mass is 16.7. The molecule has 0 aromatic heterocycles. The number of hydrogen-bond donors (Lipinski definition) is 6. The van der Waals surface area contributed by atoms with Gasteiger partial charge in [-0.05, 0) is 77.0 Å². The van der Waals surface area contributed by atoms with Crippen molar-refractivity contribution in [3.05, 3.63) is 97.2 Å². The molecule has 1 aliphatic heterocycles. The standard InChI is InChI=1S/C81H145NO8/c1-3-5-7-9-11-13-15-17-19-21-23-25-27-29-31-33-34-35-36-37-38-39-40-41-42-43-45-47-49-51-53-55-57-59-61-63-65-67-69-71-77(85)82-74(73-89-81-80(88)79(87)78(86)76(72-83)90-81)75(84)70-68-66-64-62-60-58-56-54-52-50-48-46-44-32-30-28-26-24-22-20-18-16-14-12-10-8-6-4-2/h5,7,11,13,17,19,23,25,29,31,34-35,37-38,40-41,74-76,78-81,83-84,86-88H,3-4,6,8-10,12,14-16,18,20-22,24,26-28,30,32-33,36,39,42-73H2,1-2H3,(H,82,85)/b7-5-,13-11-,19-17-,25-23-,31-29-,35-34-,38-37-,41-40-. The van der Waals surface area contributed by atoms with Crippen LogP contribution < -0.4 is 5.32 Å². The maximum Gasteiger partial charge on any atom is 0.220 e. The Morgan fingerprint density at radius 1 is 0.389 bits per heavy atom. The fraction of sp³-hybridized carbons (Fsp3) is 0.790. The quantitative estimate of drug-likeness (QED) is 0.0261. The summed E-state index contributed by atoms with van der Waals surface area (Å²) >= 11 is 0. The highest BCUT2D eigenvalue weighted by Crippen LogP contribution is 2.24. The second-order valence-electron chi connectivity index (χ2n) is 26.4. The van der Waals surface area contributed by atoms with Gasteiger partial charge < -0.3 is 40.3 Å². The maximum atomic E-state index is 13.2. The largest absolute Gasteiger partial charge is 0.394 e. The van der Waals surface area contributed by atoms with Gasteiger partial charge in [-0.3, -0.25) is 4.79 Å². The highest BCUT2D eigenvalue weighted by molar-refractivity contribution is 5.76. The predicted octanol–water partition coefficient (Wildman–Crippen LogP) is 21.8. The summed E-state index contributed by atoms with van der Waals surface area (Å²) in [6, 6.07) is -0.726. The topological polar surface area (TPSA) is 149 Å². The molecule has 522 valence electrons. The van der Waals surface area contributed by atoms with Gasteiger partial charge in [-0.2, -0.15) is 0 Å². The van der Waals surface area contributed by atoms with Crippen LogP contribution in [0.2, 0.25) is 0 Å². The smallest absolute Gasteiger partial charge is 0.220 e. The number of nitrogens with one attached hydrogen (secondary N) is 1. The van der Waals surface area contributed by atoms with Gasteiger partial charge in [-0.1, -0.05) is 368 Å². The van der Waals surface area contributed by atoms with Crippen LogP contribution in [0.4, 0.5) is 0 Å². The molecule has 90 heavy (non-hydrogen) atoms. The number of hydrogen-bond acceptors (Lipinski definition) is 8. The molecular weight excluding hydrogens is 1110 g/mol. The number of aliphatic hydroxyl groups is 5. The molecule has 0 radical (unpaired) electrons. The number of aliphatic hydroxyl groups excluding tert-OH is 5. The van der Waals surface area contributed by atoms with E-state index in [9.17, 15) is 30.3 Å². The summed E-state index contributed by atoms with van der Waals surface area (Å²) in [5, 5.41) is 55.1. The summed E-state index contributed by atoms with van der Waals surface area (Å²) in [6.07, 6.45) is 93.5. The first kappa shape index (κ1) is 85.1. The summed E-state index contributed by atoms with van der Waals surface area (Å²) in [5.41, 5.74) is 0. The van der Waals surface area contributed by atoms with E-state index in [1.165, 1.54) is 238 Å². The van der Waals surface area contributed by atoms with Crippen LogP contribution in [0.25, 0.3) is 0 Å². The Kier molecular flexibility index (Phi) is 65.2. The van der Waals surface area contributed by atoms with E-state index in [4.69, 9.17) is 9.47 Å². The molecule has 0 saturated carbocycles. The molecular formula is C81H145NO8. The van der Waals surface area contributed by atoms with Crippen molar-refractivity contribution < 1.29 is 39.8 Å².